The fourth-order valence-corrected chi connectivity index (χ4v) is 5.19. The predicted molar refractivity (Wildman–Crippen MR) is 130 cm³/mol. The third-order valence-electron chi connectivity index (χ3n) is 6.74. The molecule has 0 bridgehead atoms. The monoisotopic (exact) mass is 419 g/mol. The van der Waals surface area contributed by atoms with Crippen LogP contribution in [0.2, 0.25) is 0 Å². The molecule has 0 amide bonds. The molecule has 0 spiro atoms. The van der Waals surface area contributed by atoms with Gasteiger partial charge in [0.1, 0.15) is 5.69 Å². The Morgan fingerprint density at radius 2 is 1.69 bits per heavy atom. The Morgan fingerprint density at radius 1 is 0.906 bits per heavy atom. The van der Waals surface area contributed by atoms with E-state index >= 15 is 0 Å². The molecular formula is C29H26N3+. The van der Waals surface area contributed by atoms with Crippen LogP contribution in [0.5, 0.6) is 0 Å². The Labute approximate surface area is 192 Å². The van der Waals surface area contributed by atoms with Crippen LogP contribution in [-0.4, -0.2) is 9.55 Å². The molecule has 1 unspecified atom stereocenters. The number of benzene rings is 3. The van der Waals surface area contributed by atoms with Gasteiger partial charge in [0.2, 0.25) is 0 Å². The second-order valence-corrected chi connectivity index (χ2v) is 8.78. The third kappa shape index (κ3) is 2.48. The molecule has 1 aliphatic rings. The molecule has 2 aromatic heterocycles. The first-order valence-electron chi connectivity index (χ1n) is 12.4. The van der Waals surface area contributed by atoms with Crippen LogP contribution in [0.3, 0.4) is 0 Å². The lowest BCUT2D eigenvalue weighted by molar-refractivity contribution is -0.633. The summed E-state index contributed by atoms with van der Waals surface area (Å²) in [5.41, 5.74) is 7.54. The van der Waals surface area contributed by atoms with Crippen LogP contribution in [0.4, 0.5) is 0 Å². The van der Waals surface area contributed by atoms with Crippen molar-refractivity contribution >= 4 is 11.0 Å². The summed E-state index contributed by atoms with van der Waals surface area (Å²) in [5.74, 6) is 1.05. The smallest absolute Gasteiger partial charge is 0.260 e. The molecule has 6 rings (SSSR count). The molecule has 1 aliphatic carbocycles. The maximum absolute atomic E-state index is 8.41. The number of pyridine rings is 1. The molecule has 2 heterocycles. The summed E-state index contributed by atoms with van der Waals surface area (Å²) in [6, 6.07) is 26.8. The molecule has 3 aromatic carbocycles. The zero-order valence-corrected chi connectivity index (χ0v) is 18.4. The van der Waals surface area contributed by atoms with Crippen LogP contribution in [0.1, 0.15) is 34.7 Å². The highest BCUT2D eigenvalue weighted by atomic mass is 15.2. The Balaban J connectivity index is 1.71. The summed E-state index contributed by atoms with van der Waals surface area (Å²) in [6.45, 7) is 1.65. The summed E-state index contributed by atoms with van der Waals surface area (Å²) < 4.78 is 29.7. The Morgan fingerprint density at radius 3 is 2.50 bits per heavy atom. The third-order valence-corrected chi connectivity index (χ3v) is 6.74. The first-order chi connectivity index (χ1) is 16.7. The molecule has 0 N–H and O–H groups in total. The number of hydrogen-bond donors (Lipinski definition) is 0. The van der Waals surface area contributed by atoms with Crippen LogP contribution in [0.25, 0.3) is 39.2 Å². The number of aromatic nitrogens is 3. The van der Waals surface area contributed by atoms with Crippen LogP contribution in [-0.2, 0) is 12.5 Å². The minimum Gasteiger partial charge on any atom is -0.260 e. The van der Waals surface area contributed by atoms with Crippen LogP contribution >= 0.6 is 0 Å². The Hall–Kier alpha value is -3.72. The lowest BCUT2D eigenvalue weighted by Gasteiger charge is -2.20. The lowest BCUT2D eigenvalue weighted by Crippen LogP contribution is -2.30. The maximum atomic E-state index is 8.41. The van der Waals surface area contributed by atoms with Gasteiger partial charge in [0.15, 0.2) is 11.0 Å². The van der Waals surface area contributed by atoms with E-state index in [9.17, 15) is 0 Å². The molecular weight excluding hydrogens is 390 g/mol. The van der Waals surface area contributed by atoms with Crippen molar-refractivity contribution in [2.24, 2.45) is 7.05 Å². The number of imidazole rings is 1. The van der Waals surface area contributed by atoms with E-state index in [1.54, 1.807) is 13.1 Å². The van der Waals surface area contributed by atoms with Crippen molar-refractivity contribution < 1.29 is 8.68 Å². The SMILES string of the molecule is [2H]C([2H])([2H])C1(C)c2cc(C)c(-c3n(-c4ccccc4)c4ccccc4[n+]3C)cc2-c2cccnc21. The van der Waals surface area contributed by atoms with Crippen molar-refractivity contribution in [1.29, 1.82) is 0 Å². The first kappa shape index (κ1) is 16.0. The maximum Gasteiger partial charge on any atom is 0.295 e. The van der Waals surface area contributed by atoms with Crippen LogP contribution in [0, 0.1) is 6.92 Å². The average molecular weight is 420 g/mol. The van der Waals surface area contributed by atoms with Crippen LogP contribution in [0.15, 0.2) is 85.1 Å². The van der Waals surface area contributed by atoms with Gasteiger partial charge in [-0.1, -0.05) is 56.2 Å². The molecule has 3 nitrogen and oxygen atoms in total. The van der Waals surface area contributed by atoms with Gasteiger partial charge in [0.25, 0.3) is 5.82 Å². The number of fused-ring (bicyclic) bond motifs is 4. The number of nitrogens with zero attached hydrogens (tertiary/aromatic N) is 3. The van der Waals surface area contributed by atoms with Gasteiger partial charge in [-0.05, 0) is 60.0 Å². The second-order valence-electron chi connectivity index (χ2n) is 8.78. The van der Waals surface area contributed by atoms with Crippen molar-refractivity contribution in [1.82, 2.24) is 9.55 Å². The highest BCUT2D eigenvalue weighted by Gasteiger charge is 2.38. The molecule has 5 aromatic rings. The van der Waals surface area contributed by atoms with E-state index < -0.39 is 12.3 Å². The van der Waals surface area contributed by atoms with Gasteiger partial charge in [-0.2, -0.15) is 4.57 Å². The Bertz CT molecular complexity index is 1620. The minimum absolute atomic E-state index is 0.625. The zero-order valence-electron chi connectivity index (χ0n) is 21.4. The second kappa shape index (κ2) is 6.64. The zero-order chi connectivity index (χ0) is 24.5. The van der Waals surface area contributed by atoms with Crippen molar-refractivity contribution in [2.45, 2.75) is 26.1 Å². The quantitative estimate of drug-likeness (QED) is 0.315. The number of aryl methyl sites for hydroxylation is 2. The topological polar surface area (TPSA) is 21.7 Å². The number of rotatable bonds is 2. The standard InChI is InChI=1S/C29H26N3/c1-19-17-24-23(21-13-10-16-30-27(21)29(24,2)3)18-22(19)28-31(4)25-14-8-9-15-26(25)32(28)20-11-6-5-7-12-20/h5-18H,1-4H3/q+1/i2D3. The molecule has 32 heavy (non-hydrogen) atoms. The normalized spacial score (nSPS) is 18.7. The lowest BCUT2D eigenvalue weighted by atomic mass is 9.84. The molecule has 0 saturated carbocycles. The molecule has 1 atom stereocenters. The summed E-state index contributed by atoms with van der Waals surface area (Å²) in [6.07, 6.45) is 1.69. The molecule has 0 aliphatic heterocycles. The van der Waals surface area contributed by atoms with Gasteiger partial charge >= 0.3 is 0 Å². The van der Waals surface area contributed by atoms with Gasteiger partial charge in [-0.15, -0.1) is 0 Å². The van der Waals surface area contributed by atoms with E-state index in [1.165, 1.54) is 0 Å². The fraction of sp³-hybridized carbons (Fsp3) is 0.172. The van der Waals surface area contributed by atoms with Gasteiger partial charge < -0.3 is 0 Å². The number of hydrogen-bond acceptors (Lipinski definition) is 1. The van der Waals surface area contributed by atoms with Gasteiger partial charge in [0.05, 0.1) is 18.3 Å². The van der Waals surface area contributed by atoms with Crippen LogP contribution < -0.4 is 4.57 Å². The number of para-hydroxylation sites is 3. The predicted octanol–water partition coefficient (Wildman–Crippen LogP) is 6.13. The molecule has 156 valence electrons. The van der Waals surface area contributed by atoms with Crippen molar-refractivity contribution in [3.63, 3.8) is 0 Å². The first-order valence-corrected chi connectivity index (χ1v) is 10.9. The van der Waals surface area contributed by atoms with E-state index in [1.807, 2.05) is 30.3 Å². The minimum atomic E-state index is -2.22. The largest absolute Gasteiger partial charge is 0.295 e. The van der Waals surface area contributed by atoms with Gasteiger partial charge in [-0.3, -0.25) is 4.98 Å². The van der Waals surface area contributed by atoms with E-state index in [2.05, 4.69) is 76.6 Å². The summed E-state index contributed by atoms with van der Waals surface area (Å²) in [7, 11) is 2.09. The van der Waals surface area contributed by atoms with E-state index in [0.29, 0.717) is 5.69 Å². The summed E-state index contributed by atoms with van der Waals surface area (Å²) in [5, 5.41) is 0. The van der Waals surface area contributed by atoms with Crippen molar-refractivity contribution in [3.8, 4) is 28.2 Å². The van der Waals surface area contributed by atoms with E-state index in [-0.39, 0.29) is 0 Å². The molecule has 3 heteroatoms. The van der Waals surface area contributed by atoms with E-state index in [4.69, 9.17) is 4.11 Å². The highest BCUT2D eigenvalue weighted by molar-refractivity contribution is 5.85. The molecule has 0 saturated heterocycles. The van der Waals surface area contributed by atoms with Gasteiger partial charge in [-0.25, -0.2) is 4.57 Å². The van der Waals surface area contributed by atoms with Crippen molar-refractivity contribution in [3.05, 3.63) is 102 Å². The van der Waals surface area contributed by atoms with Gasteiger partial charge in [0, 0.05) is 21.3 Å². The van der Waals surface area contributed by atoms with Crippen molar-refractivity contribution in [2.75, 3.05) is 0 Å². The Kier molecular flexibility index (Phi) is 3.32. The molecule has 0 fully saturated rings. The summed E-state index contributed by atoms with van der Waals surface area (Å²) >= 11 is 0. The fourth-order valence-electron chi connectivity index (χ4n) is 5.19. The average Bonchev–Trinajstić information content (AvgIpc) is 3.29. The summed E-state index contributed by atoms with van der Waals surface area (Å²) in [4.78, 5) is 4.57. The van der Waals surface area contributed by atoms with E-state index in [0.717, 1.165) is 50.4 Å². The molecule has 0 radical (unpaired) electrons. The highest BCUT2D eigenvalue weighted by Crippen LogP contribution is 2.49.